The maximum Gasteiger partial charge on any atom is 0.264 e. The van der Waals surface area contributed by atoms with Gasteiger partial charge in [0, 0.05) is 6.54 Å². The fourth-order valence-electron chi connectivity index (χ4n) is 3.96. The molecule has 168 valence electrons. The van der Waals surface area contributed by atoms with Gasteiger partial charge in [0.15, 0.2) is 11.5 Å². The molecule has 0 aliphatic carbocycles. The Morgan fingerprint density at radius 2 is 1.91 bits per heavy atom. The fourth-order valence-corrected chi connectivity index (χ4v) is 4.64. The molecule has 3 heterocycles. The van der Waals surface area contributed by atoms with Crippen molar-refractivity contribution >= 4 is 34.7 Å². The Kier molecular flexibility index (Phi) is 5.47. The van der Waals surface area contributed by atoms with Gasteiger partial charge in [-0.25, -0.2) is 4.90 Å². The highest BCUT2D eigenvalue weighted by Crippen LogP contribution is 2.34. The molecule has 0 spiro atoms. The van der Waals surface area contributed by atoms with Crippen LogP contribution in [0.4, 0.5) is 5.69 Å². The molecular formula is C24H20N2O6S. The van der Waals surface area contributed by atoms with Crippen LogP contribution in [-0.2, 0) is 16.1 Å². The molecule has 33 heavy (non-hydrogen) atoms. The number of hydrogen-bond donors (Lipinski definition) is 0. The summed E-state index contributed by atoms with van der Waals surface area (Å²) in [5.41, 5.74) is 1.22. The summed E-state index contributed by atoms with van der Waals surface area (Å²) in [6, 6.07) is 14.6. The zero-order valence-electron chi connectivity index (χ0n) is 17.7. The van der Waals surface area contributed by atoms with Crippen LogP contribution >= 0.6 is 11.3 Å². The third-order valence-corrected chi connectivity index (χ3v) is 6.47. The molecule has 2 aromatic carbocycles. The third kappa shape index (κ3) is 3.91. The molecule has 0 saturated carbocycles. The number of rotatable bonds is 6. The van der Waals surface area contributed by atoms with Crippen molar-refractivity contribution in [3.8, 4) is 17.2 Å². The molecule has 1 unspecified atom stereocenters. The monoisotopic (exact) mass is 464 g/mol. The van der Waals surface area contributed by atoms with Gasteiger partial charge in [-0.15, -0.1) is 11.3 Å². The molecule has 0 radical (unpaired) electrons. The van der Waals surface area contributed by atoms with E-state index in [1.165, 1.54) is 16.2 Å². The summed E-state index contributed by atoms with van der Waals surface area (Å²) < 4.78 is 16.0. The Hall–Kier alpha value is -3.85. The van der Waals surface area contributed by atoms with Crippen LogP contribution in [0.3, 0.4) is 0 Å². The van der Waals surface area contributed by atoms with Crippen LogP contribution < -0.4 is 19.1 Å². The Balaban J connectivity index is 1.46. The smallest absolute Gasteiger partial charge is 0.264 e. The number of hydrogen-bond acceptors (Lipinski definition) is 7. The van der Waals surface area contributed by atoms with Crippen molar-refractivity contribution in [3.05, 3.63) is 70.4 Å². The van der Waals surface area contributed by atoms with Crippen LogP contribution in [0.5, 0.6) is 17.2 Å². The molecule has 2 aliphatic heterocycles. The number of thiophene rings is 1. The summed E-state index contributed by atoms with van der Waals surface area (Å²) in [4.78, 5) is 42.8. The minimum absolute atomic E-state index is 0.0907. The van der Waals surface area contributed by atoms with E-state index in [9.17, 15) is 14.4 Å². The largest absolute Gasteiger partial charge is 0.497 e. The molecule has 1 aromatic heterocycles. The van der Waals surface area contributed by atoms with Gasteiger partial charge in [-0.05, 0) is 53.4 Å². The van der Waals surface area contributed by atoms with Crippen LogP contribution in [0.15, 0.2) is 60.0 Å². The van der Waals surface area contributed by atoms with Gasteiger partial charge in [0.1, 0.15) is 11.8 Å². The lowest BCUT2D eigenvalue weighted by atomic mass is 10.1. The van der Waals surface area contributed by atoms with E-state index in [2.05, 4.69) is 0 Å². The normalized spacial score (nSPS) is 16.9. The van der Waals surface area contributed by atoms with Crippen molar-refractivity contribution in [1.82, 2.24) is 4.90 Å². The van der Waals surface area contributed by atoms with Crippen molar-refractivity contribution in [2.45, 2.75) is 19.0 Å². The van der Waals surface area contributed by atoms with Gasteiger partial charge < -0.3 is 19.1 Å². The fraction of sp³-hybridized carbons (Fsp3) is 0.208. The highest BCUT2D eigenvalue weighted by molar-refractivity contribution is 7.12. The predicted octanol–water partition coefficient (Wildman–Crippen LogP) is 3.46. The van der Waals surface area contributed by atoms with Gasteiger partial charge in [-0.3, -0.25) is 14.4 Å². The molecule has 5 rings (SSSR count). The average Bonchev–Trinajstić information content (AvgIpc) is 3.58. The predicted molar refractivity (Wildman–Crippen MR) is 121 cm³/mol. The van der Waals surface area contributed by atoms with Crippen LogP contribution in [0.1, 0.15) is 21.7 Å². The quantitative estimate of drug-likeness (QED) is 0.520. The van der Waals surface area contributed by atoms with Crippen LogP contribution in [-0.4, -0.2) is 42.6 Å². The minimum Gasteiger partial charge on any atom is -0.497 e. The standard InChI is InChI=1S/C24H20N2O6S/c1-30-17-7-5-16(6-8-17)26-22(27)12-18(23(26)28)25(24(29)21-3-2-10-33-21)13-15-4-9-19-20(11-15)32-14-31-19/h2-11,18H,12-14H2,1H3. The van der Waals surface area contributed by atoms with Crippen LogP contribution in [0, 0.1) is 0 Å². The molecular weight excluding hydrogens is 444 g/mol. The number of benzene rings is 2. The summed E-state index contributed by atoms with van der Waals surface area (Å²) in [5.74, 6) is 0.746. The molecule has 8 nitrogen and oxygen atoms in total. The number of fused-ring (bicyclic) bond motifs is 1. The van der Waals surface area contributed by atoms with Crippen LogP contribution in [0.2, 0.25) is 0 Å². The third-order valence-electron chi connectivity index (χ3n) is 5.61. The summed E-state index contributed by atoms with van der Waals surface area (Å²) >= 11 is 1.29. The second-order valence-electron chi connectivity index (χ2n) is 7.58. The second-order valence-corrected chi connectivity index (χ2v) is 8.53. The number of nitrogens with zero attached hydrogens (tertiary/aromatic N) is 2. The van der Waals surface area contributed by atoms with Crippen LogP contribution in [0.25, 0.3) is 0 Å². The average molecular weight is 464 g/mol. The summed E-state index contributed by atoms with van der Waals surface area (Å²) in [6.45, 7) is 0.288. The van der Waals surface area contributed by atoms with E-state index in [-0.39, 0.29) is 31.6 Å². The maximum absolute atomic E-state index is 13.4. The Bertz CT molecular complexity index is 1210. The molecule has 0 bridgehead atoms. The lowest BCUT2D eigenvalue weighted by Gasteiger charge is -2.27. The molecule has 1 atom stereocenters. The zero-order chi connectivity index (χ0) is 22.9. The topological polar surface area (TPSA) is 85.4 Å². The second kappa shape index (κ2) is 8.59. The molecule has 3 aromatic rings. The molecule has 1 saturated heterocycles. The van der Waals surface area contributed by atoms with E-state index < -0.39 is 11.9 Å². The Morgan fingerprint density at radius 3 is 2.64 bits per heavy atom. The molecule has 9 heteroatoms. The Labute approximate surface area is 193 Å². The molecule has 1 fully saturated rings. The molecule has 2 aliphatic rings. The van der Waals surface area contributed by atoms with Crippen molar-refractivity contribution in [2.75, 3.05) is 18.8 Å². The van der Waals surface area contributed by atoms with E-state index in [1.54, 1.807) is 61.0 Å². The summed E-state index contributed by atoms with van der Waals surface area (Å²) in [6.07, 6.45) is -0.0907. The highest BCUT2D eigenvalue weighted by atomic mass is 32.1. The zero-order valence-corrected chi connectivity index (χ0v) is 18.5. The van der Waals surface area contributed by atoms with E-state index in [4.69, 9.17) is 14.2 Å². The first-order valence-electron chi connectivity index (χ1n) is 10.3. The van der Waals surface area contributed by atoms with Gasteiger partial charge in [-0.1, -0.05) is 12.1 Å². The number of amides is 3. The van der Waals surface area contributed by atoms with E-state index in [0.717, 1.165) is 10.5 Å². The molecule has 0 N–H and O–H groups in total. The van der Waals surface area contributed by atoms with Gasteiger partial charge in [-0.2, -0.15) is 0 Å². The van der Waals surface area contributed by atoms with Crippen molar-refractivity contribution in [1.29, 1.82) is 0 Å². The SMILES string of the molecule is COc1ccc(N2C(=O)CC(N(Cc3ccc4c(c3)OCO4)C(=O)c3cccs3)C2=O)cc1. The number of carbonyl (C=O) groups is 3. The van der Waals surface area contributed by atoms with E-state index in [0.29, 0.717) is 27.8 Å². The number of imide groups is 1. The van der Waals surface area contributed by atoms with E-state index >= 15 is 0 Å². The van der Waals surface area contributed by atoms with Gasteiger partial charge in [0.2, 0.25) is 12.7 Å². The minimum atomic E-state index is -0.917. The summed E-state index contributed by atoms with van der Waals surface area (Å²) in [7, 11) is 1.54. The number of methoxy groups -OCH3 is 1. The number of ether oxygens (including phenoxy) is 3. The first-order chi connectivity index (χ1) is 16.0. The number of anilines is 1. The van der Waals surface area contributed by atoms with E-state index in [1.807, 2.05) is 6.07 Å². The first-order valence-corrected chi connectivity index (χ1v) is 11.2. The Morgan fingerprint density at radius 1 is 1.12 bits per heavy atom. The first kappa shape index (κ1) is 21.0. The lowest BCUT2D eigenvalue weighted by Crippen LogP contribution is -2.44. The molecule has 3 amide bonds. The maximum atomic E-state index is 13.4. The van der Waals surface area contributed by atoms with Gasteiger partial charge >= 0.3 is 0 Å². The highest BCUT2D eigenvalue weighted by Gasteiger charge is 2.44. The van der Waals surface area contributed by atoms with Crippen molar-refractivity contribution < 1.29 is 28.6 Å². The van der Waals surface area contributed by atoms with Crippen molar-refractivity contribution in [2.24, 2.45) is 0 Å². The number of carbonyl (C=O) groups excluding carboxylic acids is 3. The lowest BCUT2D eigenvalue weighted by molar-refractivity contribution is -0.122. The van der Waals surface area contributed by atoms with Gasteiger partial charge in [0.25, 0.3) is 11.8 Å². The van der Waals surface area contributed by atoms with Crippen molar-refractivity contribution in [3.63, 3.8) is 0 Å². The summed E-state index contributed by atoms with van der Waals surface area (Å²) in [5, 5.41) is 1.80. The van der Waals surface area contributed by atoms with Gasteiger partial charge in [0.05, 0.1) is 24.1 Å².